The highest BCUT2D eigenvalue weighted by atomic mass is 32.2. The summed E-state index contributed by atoms with van der Waals surface area (Å²) in [6.45, 7) is 3.64. The Bertz CT molecular complexity index is 856. The van der Waals surface area contributed by atoms with Gasteiger partial charge in [-0.05, 0) is 50.2 Å². The van der Waals surface area contributed by atoms with Crippen molar-refractivity contribution in [2.75, 3.05) is 6.61 Å². The summed E-state index contributed by atoms with van der Waals surface area (Å²) in [5.74, 6) is -0.975. The molecule has 0 radical (unpaired) electrons. The van der Waals surface area contributed by atoms with Gasteiger partial charge in [0.15, 0.2) is 17.7 Å². The molecule has 140 valence electrons. The van der Waals surface area contributed by atoms with Crippen LogP contribution in [0.1, 0.15) is 13.8 Å². The highest BCUT2D eigenvalue weighted by Crippen LogP contribution is 2.17. The topological polar surface area (TPSA) is 93.7 Å². The third-order valence-corrected chi connectivity index (χ3v) is 4.53. The highest BCUT2D eigenvalue weighted by Gasteiger charge is 2.20. The lowest BCUT2D eigenvalue weighted by Gasteiger charge is -2.15. The molecule has 0 bridgehead atoms. The summed E-state index contributed by atoms with van der Waals surface area (Å²) in [4.78, 5) is 13.9. The van der Waals surface area contributed by atoms with Gasteiger partial charge < -0.3 is 9.47 Å². The molecule has 0 aromatic heterocycles. The number of hydrogen-bond acceptors (Lipinski definition) is 5. The Labute approximate surface area is 151 Å². The molecule has 0 saturated carbocycles. The SMILES string of the molecule is CCOc1ccc(S(=O)(=O)NNC(=O)[C@@H](C)Oc2ccccc2F)cc1. The molecule has 7 nitrogen and oxygen atoms in total. The van der Waals surface area contributed by atoms with Gasteiger partial charge in [-0.25, -0.2) is 12.8 Å². The number of amides is 1. The largest absolute Gasteiger partial charge is 0.494 e. The van der Waals surface area contributed by atoms with E-state index in [0.717, 1.165) is 0 Å². The molecule has 9 heteroatoms. The number of para-hydroxylation sites is 1. The minimum absolute atomic E-state index is 0.0519. The summed E-state index contributed by atoms with van der Waals surface area (Å²) in [7, 11) is -3.97. The maximum atomic E-state index is 13.5. The second-order valence-corrected chi connectivity index (χ2v) is 6.87. The van der Waals surface area contributed by atoms with Gasteiger partial charge in [-0.3, -0.25) is 10.2 Å². The molecule has 1 amide bonds. The van der Waals surface area contributed by atoms with E-state index in [-0.39, 0.29) is 10.6 Å². The number of ether oxygens (including phenoxy) is 2. The van der Waals surface area contributed by atoms with Crippen molar-refractivity contribution in [3.8, 4) is 11.5 Å². The van der Waals surface area contributed by atoms with Crippen LogP contribution < -0.4 is 19.7 Å². The van der Waals surface area contributed by atoms with Crippen LogP contribution in [0, 0.1) is 5.82 Å². The van der Waals surface area contributed by atoms with Crippen molar-refractivity contribution in [3.63, 3.8) is 0 Å². The Balaban J connectivity index is 1.95. The number of benzene rings is 2. The second kappa shape index (κ2) is 8.63. The molecule has 0 aliphatic rings. The maximum absolute atomic E-state index is 13.5. The number of sulfonamides is 1. The Morgan fingerprint density at radius 3 is 2.42 bits per heavy atom. The second-order valence-electron chi connectivity index (χ2n) is 5.19. The standard InChI is InChI=1S/C17H19FN2O5S/c1-3-24-13-8-10-14(11-9-13)26(22,23)20-19-17(21)12(2)25-16-7-5-4-6-15(16)18/h4-12,20H,3H2,1-2H3,(H,19,21)/t12-/m1/s1. The van der Waals surface area contributed by atoms with Crippen LogP contribution in [0.15, 0.2) is 53.4 Å². The predicted molar refractivity (Wildman–Crippen MR) is 92.6 cm³/mol. The molecule has 0 heterocycles. The Hall–Kier alpha value is -2.65. The third kappa shape index (κ3) is 5.17. The first-order chi connectivity index (χ1) is 12.3. The van der Waals surface area contributed by atoms with Crippen LogP contribution in [-0.4, -0.2) is 27.0 Å². The Morgan fingerprint density at radius 2 is 1.81 bits per heavy atom. The van der Waals surface area contributed by atoms with Gasteiger partial charge in [0.2, 0.25) is 0 Å². The number of hydrogen-bond donors (Lipinski definition) is 2. The molecular weight excluding hydrogens is 363 g/mol. The van der Waals surface area contributed by atoms with Gasteiger partial charge in [0.25, 0.3) is 15.9 Å². The zero-order valence-corrected chi connectivity index (χ0v) is 15.0. The first kappa shape index (κ1) is 19.7. The van der Waals surface area contributed by atoms with Crippen molar-refractivity contribution in [1.29, 1.82) is 0 Å². The van der Waals surface area contributed by atoms with Crippen molar-refractivity contribution < 1.29 is 27.1 Å². The van der Waals surface area contributed by atoms with E-state index in [9.17, 15) is 17.6 Å². The zero-order chi connectivity index (χ0) is 19.2. The lowest BCUT2D eigenvalue weighted by molar-refractivity contribution is -0.127. The minimum atomic E-state index is -3.97. The molecule has 0 fully saturated rings. The van der Waals surface area contributed by atoms with Crippen molar-refractivity contribution in [2.45, 2.75) is 24.8 Å². The van der Waals surface area contributed by atoms with Gasteiger partial charge in [-0.2, -0.15) is 0 Å². The molecule has 0 saturated heterocycles. The van der Waals surface area contributed by atoms with E-state index in [1.54, 1.807) is 6.07 Å². The number of carbonyl (C=O) groups is 1. The number of hydrazine groups is 1. The Morgan fingerprint density at radius 1 is 1.15 bits per heavy atom. The highest BCUT2D eigenvalue weighted by molar-refractivity contribution is 7.89. The lowest BCUT2D eigenvalue weighted by Crippen LogP contribution is -2.47. The van der Waals surface area contributed by atoms with Gasteiger partial charge in [-0.1, -0.05) is 12.1 Å². The van der Waals surface area contributed by atoms with Crippen molar-refractivity contribution >= 4 is 15.9 Å². The molecular formula is C17H19FN2O5S. The average Bonchev–Trinajstić information content (AvgIpc) is 2.62. The summed E-state index contributed by atoms with van der Waals surface area (Å²) >= 11 is 0. The smallest absolute Gasteiger partial charge is 0.275 e. The predicted octanol–water partition coefficient (Wildman–Crippen LogP) is 2.00. The minimum Gasteiger partial charge on any atom is -0.494 e. The van der Waals surface area contributed by atoms with E-state index >= 15 is 0 Å². The van der Waals surface area contributed by atoms with Crippen LogP contribution in [0.2, 0.25) is 0 Å². The van der Waals surface area contributed by atoms with Gasteiger partial charge in [0.1, 0.15) is 5.75 Å². The van der Waals surface area contributed by atoms with E-state index in [4.69, 9.17) is 9.47 Å². The normalized spacial score (nSPS) is 12.3. The first-order valence-electron chi connectivity index (χ1n) is 7.79. The van der Waals surface area contributed by atoms with Crippen molar-refractivity contribution in [3.05, 3.63) is 54.3 Å². The molecule has 0 aliphatic heterocycles. The van der Waals surface area contributed by atoms with Crippen LogP contribution in [0.5, 0.6) is 11.5 Å². The summed E-state index contributed by atoms with van der Waals surface area (Å²) < 4.78 is 48.3. The van der Waals surface area contributed by atoms with Crippen molar-refractivity contribution in [2.24, 2.45) is 0 Å². The third-order valence-electron chi connectivity index (χ3n) is 3.26. The molecule has 2 aromatic rings. The summed E-state index contributed by atoms with van der Waals surface area (Å²) in [5.41, 5.74) is 2.05. The van der Waals surface area contributed by atoms with Crippen LogP contribution in [0.25, 0.3) is 0 Å². The number of carbonyl (C=O) groups excluding carboxylic acids is 1. The molecule has 26 heavy (non-hydrogen) atoms. The van der Waals surface area contributed by atoms with E-state index in [2.05, 4.69) is 0 Å². The fourth-order valence-electron chi connectivity index (χ4n) is 1.94. The fourth-order valence-corrected chi connectivity index (χ4v) is 2.79. The van der Waals surface area contributed by atoms with Gasteiger partial charge in [-0.15, -0.1) is 4.83 Å². The number of halogens is 1. The van der Waals surface area contributed by atoms with Crippen LogP contribution >= 0.6 is 0 Å². The average molecular weight is 382 g/mol. The van der Waals surface area contributed by atoms with E-state index in [0.29, 0.717) is 12.4 Å². The van der Waals surface area contributed by atoms with E-state index < -0.39 is 27.9 Å². The van der Waals surface area contributed by atoms with Gasteiger partial charge in [0.05, 0.1) is 11.5 Å². The van der Waals surface area contributed by atoms with Crippen LogP contribution in [-0.2, 0) is 14.8 Å². The monoisotopic (exact) mass is 382 g/mol. The summed E-state index contributed by atoms with van der Waals surface area (Å²) in [6.07, 6.45) is -1.12. The van der Waals surface area contributed by atoms with E-state index in [1.807, 2.05) is 17.2 Å². The van der Waals surface area contributed by atoms with Gasteiger partial charge >= 0.3 is 0 Å². The van der Waals surface area contributed by atoms with E-state index in [1.165, 1.54) is 49.4 Å². The van der Waals surface area contributed by atoms with Crippen LogP contribution in [0.4, 0.5) is 4.39 Å². The molecule has 0 aliphatic carbocycles. The summed E-state index contributed by atoms with van der Waals surface area (Å²) in [6, 6.07) is 11.3. The molecule has 0 spiro atoms. The van der Waals surface area contributed by atoms with Crippen LogP contribution in [0.3, 0.4) is 0 Å². The van der Waals surface area contributed by atoms with Gasteiger partial charge in [0, 0.05) is 0 Å². The molecule has 1 atom stereocenters. The first-order valence-corrected chi connectivity index (χ1v) is 9.27. The zero-order valence-electron chi connectivity index (χ0n) is 14.2. The fraction of sp³-hybridized carbons (Fsp3) is 0.235. The maximum Gasteiger partial charge on any atom is 0.275 e. The number of rotatable bonds is 8. The summed E-state index contributed by atoms with van der Waals surface area (Å²) in [5, 5.41) is 0. The quantitative estimate of drug-likeness (QED) is 0.681. The molecule has 2 rings (SSSR count). The molecule has 0 unspecified atom stereocenters. The van der Waals surface area contributed by atoms with Crippen molar-refractivity contribution in [1.82, 2.24) is 10.3 Å². The molecule has 2 aromatic carbocycles. The molecule has 2 N–H and O–H groups in total. The lowest BCUT2D eigenvalue weighted by atomic mass is 10.3. The number of nitrogens with one attached hydrogen (secondary N) is 2. The Kier molecular flexibility index (Phi) is 6.53.